The van der Waals surface area contributed by atoms with Crippen LogP contribution in [0.5, 0.6) is 0 Å². The summed E-state index contributed by atoms with van der Waals surface area (Å²) in [5.41, 5.74) is -1.49. The maximum atomic E-state index is 15.0. The first-order chi connectivity index (χ1) is 17.2. The molecule has 1 fully saturated rings. The fourth-order valence-electron chi connectivity index (χ4n) is 6.47. The zero-order chi connectivity index (χ0) is 27.4. The fourth-order valence-corrected chi connectivity index (χ4v) is 6.47. The molecule has 1 saturated carbocycles. The summed E-state index contributed by atoms with van der Waals surface area (Å²) in [4.78, 5) is 44.3. The quantitative estimate of drug-likeness (QED) is 0.232. The molecule has 1 heterocycles. The molecule has 196 valence electrons. The molecule has 0 spiro atoms. The summed E-state index contributed by atoms with van der Waals surface area (Å²) in [7, 11) is 0. The molecule has 3 atom stereocenters. The van der Waals surface area contributed by atoms with Gasteiger partial charge < -0.3 is 4.74 Å². The molecule has 0 radical (unpaired) electrons. The number of rotatable bonds is 6. The van der Waals surface area contributed by atoms with Crippen molar-refractivity contribution in [3.05, 3.63) is 82.7 Å². The minimum absolute atomic E-state index is 0.0889. The number of carbonyl (C=O) groups excluding carboxylic acids is 3. The number of hydrogen-bond acceptors (Lipinski definition) is 4. The van der Waals surface area contributed by atoms with Gasteiger partial charge in [-0.1, -0.05) is 67.5 Å². The van der Waals surface area contributed by atoms with Crippen LogP contribution in [0.25, 0.3) is 0 Å². The number of carbonyl (C=O) groups is 3. The maximum absolute atomic E-state index is 15.0. The topological polar surface area (TPSA) is 60.4 Å². The highest BCUT2D eigenvalue weighted by atomic mass is 16.5. The van der Waals surface area contributed by atoms with Crippen molar-refractivity contribution in [2.75, 3.05) is 0 Å². The average Bonchev–Trinajstić information content (AvgIpc) is 2.82. The molecule has 1 aliphatic heterocycles. The van der Waals surface area contributed by atoms with Gasteiger partial charge in [-0.15, -0.1) is 0 Å². The van der Waals surface area contributed by atoms with Gasteiger partial charge in [0.2, 0.25) is 0 Å². The maximum Gasteiger partial charge on any atom is 0.188 e. The van der Waals surface area contributed by atoms with Crippen molar-refractivity contribution in [3.63, 3.8) is 0 Å². The predicted octanol–water partition coefficient (Wildman–Crippen LogP) is 7.37. The molecule has 4 heteroatoms. The lowest BCUT2D eigenvalue weighted by Gasteiger charge is -2.60. The molecule has 37 heavy (non-hydrogen) atoms. The first-order valence-electron chi connectivity index (χ1n) is 13.3. The van der Waals surface area contributed by atoms with Crippen LogP contribution in [-0.4, -0.2) is 23.0 Å². The summed E-state index contributed by atoms with van der Waals surface area (Å²) in [6.45, 7) is 15.9. The first kappa shape index (κ1) is 27.0. The fraction of sp³-hybridized carbons (Fsp3) is 0.485. The summed E-state index contributed by atoms with van der Waals surface area (Å²) in [6, 6.07) is 8.83. The monoisotopic (exact) mass is 500 g/mol. The normalized spacial score (nSPS) is 29.2. The number of Topliss-reactive ketones (excluding diaryl/α,β-unsaturated/α-hetero) is 3. The van der Waals surface area contributed by atoms with E-state index >= 15 is 4.79 Å². The molecule has 1 aromatic carbocycles. The largest absolute Gasteiger partial charge is 0.486 e. The minimum atomic E-state index is -1.84. The Labute approximate surface area is 221 Å². The van der Waals surface area contributed by atoms with E-state index in [1.165, 1.54) is 5.57 Å². The molecule has 4 nitrogen and oxygen atoms in total. The van der Waals surface area contributed by atoms with Crippen LogP contribution in [-0.2, 0) is 14.3 Å². The standard InChI is InChI=1S/C33H40O4/c1-21(2)14-15-24-20-32(19-16-22(3)4)28-25(17-18-30(5,6)37-28)27(35)33(29(32)36,31(24,7)8)26(34)23-12-10-9-11-13-23/h9-14,16-18,24H,15,19-20H2,1-8H3. The van der Waals surface area contributed by atoms with E-state index in [1.54, 1.807) is 30.3 Å². The molecule has 1 aromatic rings. The van der Waals surface area contributed by atoms with E-state index in [2.05, 4.69) is 26.0 Å². The van der Waals surface area contributed by atoms with E-state index in [9.17, 15) is 9.59 Å². The van der Waals surface area contributed by atoms with Crippen molar-refractivity contribution in [3.8, 4) is 0 Å². The smallest absolute Gasteiger partial charge is 0.188 e. The SMILES string of the molecule is CC(C)=CCC1CC2(CC=C(C)C)C(=O)C(C(=O)c3ccccc3)(C(=O)C3=C2OC(C)(C)C=C3)C1(C)C. The van der Waals surface area contributed by atoms with Crippen LogP contribution in [0.4, 0.5) is 0 Å². The molecular formula is C33H40O4. The lowest BCUT2D eigenvalue weighted by Crippen LogP contribution is -2.70. The Morgan fingerprint density at radius 1 is 0.973 bits per heavy atom. The van der Waals surface area contributed by atoms with Gasteiger partial charge in [0.1, 0.15) is 11.4 Å². The lowest BCUT2D eigenvalue weighted by atomic mass is 9.39. The Balaban J connectivity index is 2.09. The number of ketones is 3. The van der Waals surface area contributed by atoms with Gasteiger partial charge in [0.25, 0.3) is 0 Å². The Morgan fingerprint density at radius 3 is 2.19 bits per heavy atom. The van der Waals surface area contributed by atoms with Crippen LogP contribution < -0.4 is 0 Å². The van der Waals surface area contributed by atoms with Crippen LogP contribution >= 0.6 is 0 Å². The van der Waals surface area contributed by atoms with E-state index < -0.39 is 33.4 Å². The van der Waals surface area contributed by atoms with E-state index in [0.717, 1.165) is 5.57 Å². The lowest BCUT2D eigenvalue weighted by molar-refractivity contribution is -0.167. The zero-order valence-corrected chi connectivity index (χ0v) is 23.5. The summed E-state index contributed by atoms with van der Waals surface area (Å²) in [5.74, 6) is -0.774. The summed E-state index contributed by atoms with van der Waals surface area (Å²) >= 11 is 0. The molecule has 4 rings (SSSR count). The highest BCUT2D eigenvalue weighted by molar-refractivity contribution is 6.37. The van der Waals surface area contributed by atoms with Crippen LogP contribution in [0.2, 0.25) is 0 Å². The summed E-state index contributed by atoms with van der Waals surface area (Å²) in [6.07, 6.45) is 9.47. The van der Waals surface area contributed by atoms with Crippen LogP contribution in [0.15, 0.2) is 77.1 Å². The van der Waals surface area contributed by atoms with Gasteiger partial charge in [0.15, 0.2) is 22.8 Å². The van der Waals surface area contributed by atoms with Gasteiger partial charge in [-0.25, -0.2) is 0 Å². The summed E-state index contributed by atoms with van der Waals surface area (Å²) < 4.78 is 6.51. The molecule has 2 bridgehead atoms. The van der Waals surface area contributed by atoms with Gasteiger partial charge in [-0.2, -0.15) is 0 Å². The van der Waals surface area contributed by atoms with Crippen molar-refractivity contribution in [1.82, 2.24) is 0 Å². The van der Waals surface area contributed by atoms with Gasteiger partial charge in [-0.05, 0) is 84.3 Å². The molecule has 0 aromatic heterocycles. The van der Waals surface area contributed by atoms with Crippen LogP contribution in [0.3, 0.4) is 0 Å². The van der Waals surface area contributed by atoms with Crippen molar-refractivity contribution in [2.24, 2.45) is 22.2 Å². The number of allylic oxidation sites excluding steroid dienone is 7. The second-order valence-corrected chi connectivity index (χ2v) is 12.6. The Kier molecular flexibility index (Phi) is 6.63. The third kappa shape index (κ3) is 4.00. The summed E-state index contributed by atoms with van der Waals surface area (Å²) in [5, 5.41) is 0. The number of benzene rings is 1. The van der Waals surface area contributed by atoms with Crippen molar-refractivity contribution in [2.45, 2.75) is 80.3 Å². The second kappa shape index (κ2) is 9.08. The van der Waals surface area contributed by atoms with Crippen molar-refractivity contribution < 1.29 is 19.1 Å². The predicted molar refractivity (Wildman–Crippen MR) is 147 cm³/mol. The first-order valence-corrected chi connectivity index (χ1v) is 13.3. The van der Waals surface area contributed by atoms with Gasteiger partial charge in [-0.3, -0.25) is 14.4 Å². The van der Waals surface area contributed by atoms with E-state index in [4.69, 9.17) is 4.74 Å². The van der Waals surface area contributed by atoms with Crippen molar-refractivity contribution >= 4 is 17.3 Å². The van der Waals surface area contributed by atoms with Gasteiger partial charge in [0, 0.05) is 5.56 Å². The van der Waals surface area contributed by atoms with E-state index in [1.807, 2.05) is 53.7 Å². The number of ether oxygens (including phenoxy) is 1. The highest BCUT2D eigenvalue weighted by Gasteiger charge is 2.75. The van der Waals surface area contributed by atoms with E-state index in [-0.39, 0.29) is 11.7 Å². The molecule has 3 aliphatic rings. The molecule has 0 saturated heterocycles. The third-order valence-electron chi connectivity index (χ3n) is 8.68. The van der Waals surface area contributed by atoms with Crippen molar-refractivity contribution in [1.29, 1.82) is 0 Å². The molecule has 0 N–H and O–H groups in total. The van der Waals surface area contributed by atoms with E-state index in [0.29, 0.717) is 36.2 Å². The van der Waals surface area contributed by atoms with Crippen LogP contribution in [0.1, 0.15) is 85.0 Å². The highest BCUT2D eigenvalue weighted by Crippen LogP contribution is 2.67. The molecule has 0 amide bonds. The third-order valence-corrected chi connectivity index (χ3v) is 8.68. The average molecular weight is 501 g/mol. The van der Waals surface area contributed by atoms with Gasteiger partial charge >= 0.3 is 0 Å². The molecular weight excluding hydrogens is 460 g/mol. The van der Waals surface area contributed by atoms with Gasteiger partial charge in [0.05, 0.1) is 11.0 Å². The Morgan fingerprint density at radius 2 is 1.59 bits per heavy atom. The Hall–Kier alpha value is -3.01. The van der Waals surface area contributed by atoms with Crippen LogP contribution in [0, 0.1) is 22.2 Å². The zero-order valence-electron chi connectivity index (χ0n) is 23.5. The Bertz CT molecular complexity index is 1260. The minimum Gasteiger partial charge on any atom is -0.486 e. The second-order valence-electron chi connectivity index (χ2n) is 12.6. The number of hydrogen-bond donors (Lipinski definition) is 0. The molecule has 2 aliphatic carbocycles. The molecule has 3 unspecified atom stereocenters. The number of fused-ring (bicyclic) bond motifs is 3.